The molecule has 0 aliphatic carbocycles. The Bertz CT molecular complexity index is 1520. The summed E-state index contributed by atoms with van der Waals surface area (Å²) in [6.45, 7) is 1.88. The SMILES string of the molecule is CN[C@@H](CCCCNC(=O)CC[C@H](NC(=O)C/C=C(/NC(=O)COCCOCCNC(=O)CCCSNC(=O)CCCCCCCCCCCCCCCC(N)=NN)C(=O)O)C(=O)O)C(C)=O. The number of amidine groups is 1. The minimum Gasteiger partial charge on any atom is -0.480 e. The van der Waals surface area contributed by atoms with Crippen molar-refractivity contribution >= 4 is 65.0 Å². The van der Waals surface area contributed by atoms with E-state index in [1.54, 1.807) is 7.05 Å². The maximum absolute atomic E-state index is 12.4. The summed E-state index contributed by atoms with van der Waals surface area (Å²) in [5.41, 5.74) is 4.99. The summed E-state index contributed by atoms with van der Waals surface area (Å²) in [4.78, 5) is 95.8. The van der Waals surface area contributed by atoms with Gasteiger partial charge in [0.25, 0.3) is 5.91 Å². The van der Waals surface area contributed by atoms with Gasteiger partial charge in [-0.15, -0.1) is 0 Å². The van der Waals surface area contributed by atoms with Gasteiger partial charge < -0.3 is 62.6 Å². The molecule has 21 nitrogen and oxygen atoms in total. The van der Waals surface area contributed by atoms with Crippen LogP contribution in [0.2, 0.25) is 0 Å². The van der Waals surface area contributed by atoms with Gasteiger partial charge in [0, 0.05) is 50.9 Å². The van der Waals surface area contributed by atoms with E-state index < -0.39 is 54.4 Å². The maximum atomic E-state index is 12.4. The molecule has 0 fully saturated rings. The second-order valence-electron chi connectivity index (χ2n) is 16.2. The van der Waals surface area contributed by atoms with Gasteiger partial charge in [0.1, 0.15) is 30.0 Å². The number of ketones is 1. The van der Waals surface area contributed by atoms with Crippen molar-refractivity contribution in [2.24, 2.45) is 16.7 Å². The molecule has 0 spiro atoms. The van der Waals surface area contributed by atoms with E-state index in [2.05, 4.69) is 36.4 Å². The Morgan fingerprint density at radius 3 is 1.78 bits per heavy atom. The highest BCUT2D eigenvalue weighted by molar-refractivity contribution is 7.97. The average Bonchev–Trinajstić information content (AvgIpc) is 3.29. The van der Waals surface area contributed by atoms with Crippen molar-refractivity contribution in [1.29, 1.82) is 0 Å². The normalized spacial score (nSPS) is 12.4. The third-order valence-corrected chi connectivity index (χ3v) is 11.2. The number of carboxylic acid groups (broad SMARTS) is 2. The lowest BCUT2D eigenvalue weighted by molar-refractivity contribution is -0.142. The number of Topliss-reactive ketones (excluding diaryl/α,β-unsaturated/α-hetero) is 1. The zero-order valence-electron chi connectivity index (χ0n) is 39.9. The molecule has 0 heterocycles. The monoisotopic (exact) mass is 972 g/mol. The Morgan fingerprint density at radius 2 is 1.19 bits per heavy atom. The largest absolute Gasteiger partial charge is 0.480 e. The first-order chi connectivity index (χ1) is 32.2. The molecular weight excluding hydrogens is 891 g/mol. The lowest BCUT2D eigenvalue weighted by atomic mass is 10.0. The van der Waals surface area contributed by atoms with E-state index in [4.69, 9.17) is 21.1 Å². The number of ether oxygens (including phenoxy) is 2. The molecule has 67 heavy (non-hydrogen) atoms. The zero-order chi connectivity index (χ0) is 49.9. The number of aliphatic carboxylic acids is 2. The van der Waals surface area contributed by atoms with Crippen LogP contribution in [0.1, 0.15) is 155 Å². The van der Waals surface area contributed by atoms with Crippen molar-refractivity contribution in [2.45, 2.75) is 167 Å². The predicted octanol–water partition coefficient (Wildman–Crippen LogP) is 3.05. The number of carbonyl (C=O) groups excluding carboxylic acids is 6. The molecule has 384 valence electrons. The number of nitrogens with one attached hydrogen (secondary N) is 6. The van der Waals surface area contributed by atoms with E-state index in [-0.39, 0.29) is 62.8 Å². The molecule has 0 aromatic rings. The van der Waals surface area contributed by atoms with Gasteiger partial charge in [0.15, 0.2) is 0 Å². The molecule has 0 aromatic heterocycles. The molecule has 0 bridgehead atoms. The van der Waals surface area contributed by atoms with Gasteiger partial charge in [-0.2, -0.15) is 5.10 Å². The van der Waals surface area contributed by atoms with Crippen LogP contribution < -0.4 is 42.9 Å². The summed E-state index contributed by atoms with van der Waals surface area (Å²) in [5.74, 6) is 1.19. The molecule has 0 saturated carbocycles. The number of likely N-dealkylation sites (N-methyl/N-ethyl adjacent to an activating group) is 1. The van der Waals surface area contributed by atoms with Crippen molar-refractivity contribution in [2.75, 3.05) is 52.3 Å². The highest BCUT2D eigenvalue weighted by atomic mass is 32.2. The van der Waals surface area contributed by atoms with E-state index in [0.717, 1.165) is 38.2 Å². The van der Waals surface area contributed by atoms with E-state index in [1.165, 1.54) is 76.7 Å². The second-order valence-corrected chi connectivity index (χ2v) is 17.1. The predicted molar refractivity (Wildman–Crippen MR) is 257 cm³/mol. The van der Waals surface area contributed by atoms with Crippen molar-refractivity contribution in [3.63, 3.8) is 0 Å². The minimum absolute atomic E-state index is 0.00164. The molecule has 12 N–H and O–H groups in total. The molecule has 0 saturated heterocycles. The number of hydrogen-bond donors (Lipinski definition) is 10. The molecule has 5 amide bonds. The Labute approximate surface area is 400 Å². The standard InChI is InChI=1S/C45H81N9O12S/c1-34(55)35(48-2)19-16-17-27-49-40(57)25-23-36(44(61)62)51-41(58)26-24-37(45(63)64)52-43(60)33-66-31-30-65-29-28-50-39(56)22-18-32-67-54-42(59)21-15-13-11-9-7-5-3-4-6-8-10-12-14-20-38(46)53-47/h24,35-36,48H,3-23,25-33,47H2,1-2H3,(H2,46,53)(H,49,57)(H,50,56)(H,51,58)(H,52,60)(H,54,59)(H,61,62)(H,63,64)/b37-24+/t35-,36-/m0/s1. The molecule has 0 unspecified atom stereocenters. The smallest absolute Gasteiger partial charge is 0.352 e. The van der Waals surface area contributed by atoms with Crippen LogP contribution in [0.15, 0.2) is 16.9 Å². The molecule has 0 aliphatic rings. The van der Waals surface area contributed by atoms with Crippen molar-refractivity contribution < 1.29 is 58.0 Å². The fraction of sp³-hybridized carbons (Fsp3) is 0.756. The molecule has 0 rings (SSSR count). The van der Waals surface area contributed by atoms with Gasteiger partial charge in [-0.25, -0.2) is 9.59 Å². The summed E-state index contributed by atoms with van der Waals surface area (Å²) in [6, 6.07) is -1.66. The van der Waals surface area contributed by atoms with E-state index in [0.29, 0.717) is 56.7 Å². The Kier molecular flexibility index (Phi) is 39.5. The van der Waals surface area contributed by atoms with E-state index in [9.17, 15) is 48.6 Å². The van der Waals surface area contributed by atoms with Crippen LogP contribution in [0.25, 0.3) is 0 Å². The number of unbranched alkanes of at least 4 members (excludes halogenated alkanes) is 13. The summed E-state index contributed by atoms with van der Waals surface area (Å²) in [7, 11) is 1.70. The number of nitrogens with zero attached hydrogens (tertiary/aromatic N) is 1. The fourth-order valence-electron chi connectivity index (χ4n) is 6.52. The Balaban J connectivity index is 3.95. The first kappa shape index (κ1) is 62.2. The van der Waals surface area contributed by atoms with Gasteiger partial charge in [0.05, 0.1) is 25.9 Å². The zero-order valence-corrected chi connectivity index (χ0v) is 40.7. The van der Waals surface area contributed by atoms with Crippen molar-refractivity contribution in [3.8, 4) is 0 Å². The molecule has 2 atom stereocenters. The Hall–Kier alpha value is -4.80. The summed E-state index contributed by atoms with van der Waals surface area (Å²) < 4.78 is 13.4. The quantitative estimate of drug-likeness (QED) is 0.00797. The van der Waals surface area contributed by atoms with Crippen molar-refractivity contribution in [3.05, 3.63) is 11.8 Å². The number of hydrazone groups is 1. The van der Waals surface area contributed by atoms with Gasteiger partial charge >= 0.3 is 11.9 Å². The van der Waals surface area contributed by atoms with Crippen LogP contribution in [0.4, 0.5) is 0 Å². The maximum Gasteiger partial charge on any atom is 0.352 e. The third-order valence-electron chi connectivity index (χ3n) is 10.4. The highest BCUT2D eigenvalue weighted by Crippen LogP contribution is 2.14. The van der Waals surface area contributed by atoms with Gasteiger partial charge in [-0.1, -0.05) is 82.6 Å². The van der Waals surface area contributed by atoms with E-state index in [1.807, 2.05) is 0 Å². The van der Waals surface area contributed by atoms with Crippen LogP contribution in [-0.2, 0) is 47.8 Å². The average molecular weight is 972 g/mol. The topological polar surface area (TPSA) is 332 Å². The van der Waals surface area contributed by atoms with Crippen LogP contribution in [0, 0.1) is 0 Å². The summed E-state index contributed by atoms with van der Waals surface area (Å²) >= 11 is 1.31. The number of nitrogens with two attached hydrogens (primary N) is 2. The number of hydrogen-bond acceptors (Lipinski definition) is 14. The second kappa shape index (κ2) is 42.5. The molecule has 0 aromatic carbocycles. The molecule has 0 aliphatic heterocycles. The molecule has 0 radical (unpaired) electrons. The van der Waals surface area contributed by atoms with E-state index >= 15 is 0 Å². The first-order valence-electron chi connectivity index (χ1n) is 23.7. The molecule has 22 heteroatoms. The van der Waals surface area contributed by atoms with Crippen LogP contribution in [0.5, 0.6) is 0 Å². The summed E-state index contributed by atoms with van der Waals surface area (Å²) in [6.07, 6.45) is 19.4. The van der Waals surface area contributed by atoms with Crippen LogP contribution >= 0.6 is 11.9 Å². The fourth-order valence-corrected chi connectivity index (χ4v) is 7.18. The number of rotatable bonds is 45. The van der Waals surface area contributed by atoms with Crippen molar-refractivity contribution in [1.82, 2.24) is 31.3 Å². The minimum atomic E-state index is -1.53. The number of carbonyl (C=O) groups is 8. The van der Waals surface area contributed by atoms with Crippen LogP contribution in [0.3, 0.4) is 0 Å². The Morgan fingerprint density at radius 1 is 0.627 bits per heavy atom. The van der Waals surface area contributed by atoms with Gasteiger partial charge in [0.2, 0.25) is 23.6 Å². The first-order valence-corrected chi connectivity index (χ1v) is 24.7. The highest BCUT2D eigenvalue weighted by Gasteiger charge is 2.21. The third kappa shape index (κ3) is 39.0. The number of amides is 5. The lowest BCUT2D eigenvalue weighted by Crippen LogP contribution is -2.41. The number of carboxylic acids is 2. The molecular formula is C45H81N9O12S. The van der Waals surface area contributed by atoms with Crippen LogP contribution in [-0.4, -0.2) is 128 Å². The van der Waals surface area contributed by atoms with Gasteiger partial charge in [-0.3, -0.25) is 28.8 Å². The van der Waals surface area contributed by atoms with Gasteiger partial charge in [-0.05, 0) is 65.0 Å². The summed E-state index contributed by atoms with van der Waals surface area (Å²) in [5, 5.41) is 35.1. The lowest BCUT2D eigenvalue weighted by Gasteiger charge is -2.14.